The van der Waals surface area contributed by atoms with Crippen LogP contribution in [0.2, 0.25) is 0 Å². The van der Waals surface area contributed by atoms with Gasteiger partial charge in [0.05, 0.1) is 39.2 Å². The predicted molar refractivity (Wildman–Crippen MR) is 127 cm³/mol. The highest BCUT2D eigenvalue weighted by Gasteiger charge is 2.42. The van der Waals surface area contributed by atoms with Gasteiger partial charge in [-0.25, -0.2) is 4.39 Å². The second-order valence-electron chi connectivity index (χ2n) is 9.06. The van der Waals surface area contributed by atoms with Crippen LogP contribution in [0.25, 0.3) is 11.0 Å². The number of fused-ring (bicyclic) bond motifs is 1. The Balaban J connectivity index is 1.32. The number of morpholine rings is 2. The molecule has 2 amide bonds. The van der Waals surface area contributed by atoms with Gasteiger partial charge in [-0.3, -0.25) is 9.59 Å². The topological polar surface area (TPSA) is 94.3 Å². The first-order valence-electron chi connectivity index (χ1n) is 12.0. The summed E-state index contributed by atoms with van der Waals surface area (Å²) < 4.78 is 36.1. The van der Waals surface area contributed by atoms with Crippen LogP contribution in [0.15, 0.2) is 53.1 Å². The number of para-hydroxylation sites is 1. The zero-order chi connectivity index (χ0) is 25.0. The normalized spacial score (nSPS) is 20.5. The second-order valence-corrected chi connectivity index (χ2v) is 9.06. The largest absolute Gasteiger partial charge is 0.490 e. The molecule has 0 radical (unpaired) electrons. The predicted octanol–water partition coefficient (Wildman–Crippen LogP) is 2.43. The fourth-order valence-corrected chi connectivity index (χ4v) is 4.57. The summed E-state index contributed by atoms with van der Waals surface area (Å²) in [4.78, 5) is 29.9. The average molecular weight is 498 g/mol. The van der Waals surface area contributed by atoms with Gasteiger partial charge in [-0.15, -0.1) is 0 Å². The molecule has 1 aromatic heterocycles. The smallest absolute Gasteiger partial charge is 0.228 e. The molecule has 190 valence electrons. The standard InChI is InChI=1S/C26H28FN3O6/c27-19-5-7-20(8-6-19)34-18-26(16-25(32)29-9-12-33-13-10-29)17-30(11-14-35-26)24(31)15-22-21-3-1-2-4-23(21)36-28-22/h1-8H,9-18H2/t26-/m1/s1. The van der Waals surface area contributed by atoms with Crippen LogP contribution in [0.3, 0.4) is 0 Å². The number of aromatic nitrogens is 1. The molecule has 36 heavy (non-hydrogen) atoms. The third-order valence-electron chi connectivity index (χ3n) is 6.52. The van der Waals surface area contributed by atoms with Gasteiger partial charge in [0.1, 0.15) is 29.5 Å². The van der Waals surface area contributed by atoms with Gasteiger partial charge in [-0.2, -0.15) is 0 Å². The SMILES string of the molecule is O=C(C[C@]1(COc2ccc(F)cc2)CN(C(=O)Cc2noc3ccccc23)CCO1)N1CCOCC1. The number of rotatable bonds is 7. The minimum Gasteiger partial charge on any atom is -0.490 e. The summed E-state index contributed by atoms with van der Waals surface area (Å²) in [5, 5.41) is 4.88. The van der Waals surface area contributed by atoms with Gasteiger partial charge in [0.25, 0.3) is 0 Å². The Bertz CT molecular complexity index is 1210. The number of carbonyl (C=O) groups excluding carboxylic acids is 2. The number of hydrogen-bond acceptors (Lipinski definition) is 7. The molecule has 5 rings (SSSR count). The van der Waals surface area contributed by atoms with E-state index in [0.29, 0.717) is 49.9 Å². The zero-order valence-corrected chi connectivity index (χ0v) is 19.9. The summed E-state index contributed by atoms with van der Waals surface area (Å²) in [6.45, 7) is 2.85. The minimum atomic E-state index is -1.05. The lowest BCUT2D eigenvalue weighted by Crippen LogP contribution is -2.59. The van der Waals surface area contributed by atoms with Crippen molar-refractivity contribution >= 4 is 22.8 Å². The molecule has 0 unspecified atom stereocenters. The van der Waals surface area contributed by atoms with Crippen LogP contribution in [0.1, 0.15) is 12.1 Å². The van der Waals surface area contributed by atoms with Crippen molar-refractivity contribution in [3.8, 4) is 5.75 Å². The molecule has 2 aromatic carbocycles. The van der Waals surface area contributed by atoms with Crippen LogP contribution in [0.5, 0.6) is 5.75 Å². The molecule has 0 bridgehead atoms. The Labute approximate surface area is 207 Å². The van der Waals surface area contributed by atoms with Gasteiger partial charge in [-0.05, 0) is 36.4 Å². The van der Waals surface area contributed by atoms with E-state index in [0.717, 1.165) is 5.39 Å². The Morgan fingerprint density at radius 2 is 1.72 bits per heavy atom. The van der Waals surface area contributed by atoms with Crippen LogP contribution < -0.4 is 4.74 Å². The maximum absolute atomic E-state index is 13.3. The van der Waals surface area contributed by atoms with Gasteiger partial charge in [0.2, 0.25) is 11.8 Å². The van der Waals surface area contributed by atoms with E-state index in [1.165, 1.54) is 24.3 Å². The number of carbonyl (C=O) groups is 2. The molecule has 1 atom stereocenters. The molecule has 0 aliphatic carbocycles. The summed E-state index contributed by atoms with van der Waals surface area (Å²) in [6.07, 6.45) is 0.119. The van der Waals surface area contributed by atoms with E-state index in [1.54, 1.807) is 15.9 Å². The Morgan fingerprint density at radius 3 is 2.53 bits per heavy atom. The quantitative estimate of drug-likeness (QED) is 0.495. The van der Waals surface area contributed by atoms with Crippen molar-refractivity contribution in [2.45, 2.75) is 18.4 Å². The highest BCUT2D eigenvalue weighted by molar-refractivity contribution is 5.86. The molecular formula is C26H28FN3O6. The number of halogens is 1. The van der Waals surface area contributed by atoms with E-state index in [9.17, 15) is 14.0 Å². The fraction of sp³-hybridized carbons (Fsp3) is 0.423. The van der Waals surface area contributed by atoms with Gasteiger partial charge in [0, 0.05) is 25.0 Å². The first kappa shape index (κ1) is 24.2. The Hall–Kier alpha value is -3.50. The molecule has 0 N–H and O–H groups in total. The Morgan fingerprint density at radius 1 is 0.972 bits per heavy atom. The summed E-state index contributed by atoms with van der Waals surface area (Å²) in [5.74, 6) is -0.138. The highest BCUT2D eigenvalue weighted by atomic mass is 19.1. The molecule has 0 spiro atoms. The molecule has 2 aliphatic heterocycles. The van der Waals surface area contributed by atoms with Crippen LogP contribution in [0, 0.1) is 5.82 Å². The molecule has 3 heterocycles. The molecular weight excluding hydrogens is 469 g/mol. The molecule has 3 aromatic rings. The third-order valence-corrected chi connectivity index (χ3v) is 6.52. The summed E-state index contributed by atoms with van der Waals surface area (Å²) in [6, 6.07) is 13.1. The van der Waals surface area contributed by atoms with E-state index >= 15 is 0 Å². The van der Waals surface area contributed by atoms with E-state index in [2.05, 4.69) is 5.16 Å². The van der Waals surface area contributed by atoms with Crippen LogP contribution in [-0.4, -0.2) is 85.0 Å². The van der Waals surface area contributed by atoms with E-state index in [4.69, 9.17) is 18.7 Å². The molecule has 2 fully saturated rings. The highest BCUT2D eigenvalue weighted by Crippen LogP contribution is 2.27. The Kier molecular flexibility index (Phi) is 7.15. The lowest BCUT2D eigenvalue weighted by atomic mass is 9.96. The molecule has 2 aliphatic rings. The van der Waals surface area contributed by atoms with Crippen molar-refractivity contribution in [3.63, 3.8) is 0 Å². The number of ether oxygens (including phenoxy) is 3. The van der Waals surface area contributed by atoms with Crippen molar-refractivity contribution in [2.75, 3.05) is 52.6 Å². The lowest BCUT2D eigenvalue weighted by molar-refractivity contribution is -0.167. The monoisotopic (exact) mass is 497 g/mol. The first-order chi connectivity index (χ1) is 17.5. The van der Waals surface area contributed by atoms with Crippen molar-refractivity contribution in [2.24, 2.45) is 0 Å². The van der Waals surface area contributed by atoms with Gasteiger partial charge < -0.3 is 28.5 Å². The minimum absolute atomic E-state index is 0.0331. The summed E-state index contributed by atoms with van der Waals surface area (Å²) in [5.41, 5.74) is 0.143. The molecule has 9 nitrogen and oxygen atoms in total. The summed E-state index contributed by atoms with van der Waals surface area (Å²) >= 11 is 0. The second kappa shape index (κ2) is 10.6. The van der Waals surface area contributed by atoms with Crippen molar-refractivity contribution in [1.82, 2.24) is 15.0 Å². The van der Waals surface area contributed by atoms with Crippen molar-refractivity contribution in [3.05, 3.63) is 60.0 Å². The maximum Gasteiger partial charge on any atom is 0.228 e. The van der Waals surface area contributed by atoms with Crippen molar-refractivity contribution in [1.29, 1.82) is 0 Å². The number of hydrogen-bond donors (Lipinski definition) is 0. The maximum atomic E-state index is 13.3. The van der Waals surface area contributed by atoms with Gasteiger partial charge in [0.15, 0.2) is 5.58 Å². The first-order valence-corrected chi connectivity index (χ1v) is 12.0. The van der Waals surface area contributed by atoms with Gasteiger partial charge >= 0.3 is 0 Å². The lowest BCUT2D eigenvalue weighted by Gasteiger charge is -2.43. The van der Waals surface area contributed by atoms with Gasteiger partial charge in [-0.1, -0.05) is 17.3 Å². The van der Waals surface area contributed by atoms with Crippen LogP contribution in [0.4, 0.5) is 4.39 Å². The summed E-state index contributed by atoms with van der Waals surface area (Å²) in [7, 11) is 0. The average Bonchev–Trinajstić information content (AvgIpc) is 3.32. The number of nitrogens with zero attached hydrogens (tertiary/aromatic N) is 3. The fourth-order valence-electron chi connectivity index (χ4n) is 4.57. The number of amides is 2. The van der Waals surface area contributed by atoms with Crippen molar-refractivity contribution < 1.29 is 32.7 Å². The van der Waals surface area contributed by atoms with E-state index in [1.807, 2.05) is 18.2 Å². The van der Waals surface area contributed by atoms with E-state index in [-0.39, 0.29) is 50.2 Å². The van der Waals surface area contributed by atoms with Crippen LogP contribution >= 0.6 is 0 Å². The molecule has 0 saturated carbocycles. The zero-order valence-electron chi connectivity index (χ0n) is 19.9. The van der Waals surface area contributed by atoms with E-state index < -0.39 is 5.60 Å². The third kappa shape index (κ3) is 5.50. The van der Waals surface area contributed by atoms with Crippen LogP contribution in [-0.2, 0) is 25.5 Å². The number of benzene rings is 2. The molecule has 2 saturated heterocycles. The molecule has 10 heteroatoms.